The molecule has 1 aromatic rings. The molecular formula is C11H17N3O3. The van der Waals surface area contributed by atoms with Gasteiger partial charge in [-0.15, -0.1) is 0 Å². The van der Waals surface area contributed by atoms with Crippen LogP contribution in [0.2, 0.25) is 0 Å². The Morgan fingerprint density at radius 1 is 1.59 bits per heavy atom. The zero-order chi connectivity index (χ0) is 12.7. The second kappa shape index (κ2) is 6.80. The summed E-state index contributed by atoms with van der Waals surface area (Å²) in [4.78, 5) is 13.9. The molecule has 0 amide bonds. The van der Waals surface area contributed by atoms with Gasteiger partial charge in [-0.1, -0.05) is 13.8 Å². The van der Waals surface area contributed by atoms with Gasteiger partial charge in [0.1, 0.15) is 6.20 Å². The molecule has 0 fully saturated rings. The van der Waals surface area contributed by atoms with Gasteiger partial charge in [0.15, 0.2) is 5.75 Å². The van der Waals surface area contributed by atoms with E-state index in [2.05, 4.69) is 24.1 Å². The average molecular weight is 239 g/mol. The molecule has 0 saturated heterocycles. The highest BCUT2D eigenvalue weighted by Crippen LogP contribution is 2.24. The largest absolute Gasteiger partial charge is 0.487 e. The Balaban J connectivity index is 2.39. The van der Waals surface area contributed by atoms with E-state index in [1.54, 1.807) is 0 Å². The molecular weight excluding hydrogens is 222 g/mol. The number of ether oxygens (including phenoxy) is 1. The predicted molar refractivity (Wildman–Crippen MR) is 64.1 cm³/mol. The van der Waals surface area contributed by atoms with Crippen LogP contribution in [0.15, 0.2) is 18.5 Å². The maximum absolute atomic E-state index is 10.7. The lowest BCUT2D eigenvalue weighted by atomic mass is 10.3. The first kappa shape index (κ1) is 13.4. The van der Waals surface area contributed by atoms with Crippen molar-refractivity contribution in [3.8, 4) is 5.75 Å². The summed E-state index contributed by atoms with van der Waals surface area (Å²) in [6.07, 6.45) is 3.48. The van der Waals surface area contributed by atoms with Crippen molar-refractivity contribution in [3.05, 3.63) is 28.6 Å². The molecule has 0 aliphatic heterocycles. The fourth-order valence-corrected chi connectivity index (χ4v) is 1.28. The first-order valence-electron chi connectivity index (χ1n) is 5.56. The van der Waals surface area contributed by atoms with E-state index in [9.17, 15) is 10.1 Å². The van der Waals surface area contributed by atoms with Gasteiger partial charge < -0.3 is 10.1 Å². The minimum absolute atomic E-state index is 0.0932. The number of hydrogen-bond donors (Lipinski definition) is 1. The van der Waals surface area contributed by atoms with Gasteiger partial charge in [0.2, 0.25) is 0 Å². The van der Waals surface area contributed by atoms with Crippen molar-refractivity contribution in [2.75, 3.05) is 13.2 Å². The number of nitrogens with zero attached hydrogens (tertiary/aromatic N) is 2. The number of nitrogens with one attached hydrogen (secondary N) is 1. The number of pyridine rings is 1. The standard InChI is InChI=1S/C11H17N3O3/c1-9(2)13-5-3-7-17-11-4-6-12-8-10(11)14(15)16/h4,6,8-9,13H,3,5,7H2,1-2H3. The minimum Gasteiger partial charge on any atom is -0.487 e. The highest BCUT2D eigenvalue weighted by Gasteiger charge is 2.13. The topological polar surface area (TPSA) is 77.3 Å². The normalized spacial score (nSPS) is 10.5. The third kappa shape index (κ3) is 4.78. The van der Waals surface area contributed by atoms with E-state index in [1.807, 2.05) is 0 Å². The Bertz CT molecular complexity index is 369. The molecule has 0 radical (unpaired) electrons. The zero-order valence-electron chi connectivity index (χ0n) is 10.0. The first-order valence-corrected chi connectivity index (χ1v) is 5.56. The van der Waals surface area contributed by atoms with Gasteiger partial charge in [-0.25, -0.2) is 0 Å². The lowest BCUT2D eigenvalue weighted by Gasteiger charge is -2.09. The molecule has 94 valence electrons. The number of aromatic nitrogens is 1. The van der Waals surface area contributed by atoms with Crippen molar-refractivity contribution in [3.63, 3.8) is 0 Å². The maximum Gasteiger partial charge on any atom is 0.329 e. The van der Waals surface area contributed by atoms with Gasteiger partial charge in [-0.3, -0.25) is 15.1 Å². The second-order valence-corrected chi connectivity index (χ2v) is 3.91. The average Bonchev–Trinajstić information content (AvgIpc) is 2.28. The van der Waals surface area contributed by atoms with Gasteiger partial charge >= 0.3 is 5.69 Å². The van der Waals surface area contributed by atoms with Crippen LogP contribution in [-0.4, -0.2) is 29.1 Å². The van der Waals surface area contributed by atoms with Crippen molar-refractivity contribution in [2.24, 2.45) is 0 Å². The molecule has 0 bridgehead atoms. The first-order chi connectivity index (χ1) is 8.11. The van der Waals surface area contributed by atoms with E-state index in [-0.39, 0.29) is 11.4 Å². The summed E-state index contributed by atoms with van der Waals surface area (Å²) in [6, 6.07) is 1.94. The van der Waals surface area contributed by atoms with Gasteiger partial charge in [0, 0.05) is 18.3 Å². The quantitative estimate of drug-likeness (QED) is 0.445. The maximum atomic E-state index is 10.7. The second-order valence-electron chi connectivity index (χ2n) is 3.91. The van der Waals surface area contributed by atoms with E-state index in [1.165, 1.54) is 18.5 Å². The summed E-state index contributed by atoms with van der Waals surface area (Å²) in [6.45, 7) is 5.41. The van der Waals surface area contributed by atoms with Crippen LogP contribution in [0, 0.1) is 10.1 Å². The monoisotopic (exact) mass is 239 g/mol. The van der Waals surface area contributed by atoms with Gasteiger partial charge in [0.25, 0.3) is 0 Å². The van der Waals surface area contributed by atoms with Crippen LogP contribution >= 0.6 is 0 Å². The molecule has 0 spiro atoms. The Morgan fingerprint density at radius 2 is 2.35 bits per heavy atom. The van der Waals surface area contributed by atoms with Gasteiger partial charge in [0.05, 0.1) is 11.5 Å². The lowest BCUT2D eigenvalue weighted by molar-refractivity contribution is -0.386. The molecule has 0 aromatic carbocycles. The Kier molecular flexibility index (Phi) is 5.35. The van der Waals surface area contributed by atoms with E-state index in [4.69, 9.17) is 4.74 Å². The van der Waals surface area contributed by atoms with E-state index >= 15 is 0 Å². The summed E-state index contributed by atoms with van der Waals surface area (Å²) in [5.41, 5.74) is -0.0932. The fraction of sp³-hybridized carbons (Fsp3) is 0.545. The molecule has 0 unspecified atom stereocenters. The summed E-state index contributed by atoms with van der Waals surface area (Å²) >= 11 is 0. The third-order valence-corrected chi connectivity index (χ3v) is 2.09. The molecule has 1 rings (SSSR count). The summed E-state index contributed by atoms with van der Waals surface area (Å²) < 4.78 is 5.36. The van der Waals surface area contributed by atoms with Crippen LogP contribution in [0.3, 0.4) is 0 Å². The molecule has 0 atom stereocenters. The highest BCUT2D eigenvalue weighted by molar-refractivity contribution is 5.42. The van der Waals surface area contributed by atoms with Crippen molar-refractivity contribution < 1.29 is 9.66 Å². The van der Waals surface area contributed by atoms with Crippen LogP contribution in [0.4, 0.5) is 5.69 Å². The van der Waals surface area contributed by atoms with E-state index in [0.717, 1.165) is 13.0 Å². The molecule has 17 heavy (non-hydrogen) atoms. The molecule has 6 nitrogen and oxygen atoms in total. The van der Waals surface area contributed by atoms with Crippen molar-refractivity contribution in [2.45, 2.75) is 26.3 Å². The van der Waals surface area contributed by atoms with Crippen LogP contribution in [0.5, 0.6) is 5.75 Å². The van der Waals surface area contributed by atoms with Crippen LogP contribution < -0.4 is 10.1 Å². The summed E-state index contributed by atoms with van der Waals surface area (Å²) in [5.74, 6) is 0.273. The Morgan fingerprint density at radius 3 is 3.00 bits per heavy atom. The van der Waals surface area contributed by atoms with Gasteiger partial charge in [-0.05, 0) is 13.0 Å². The predicted octanol–water partition coefficient (Wildman–Crippen LogP) is 1.76. The Labute approximate surface area is 100 Å². The summed E-state index contributed by atoms with van der Waals surface area (Å²) in [7, 11) is 0. The van der Waals surface area contributed by atoms with Crippen LogP contribution in [-0.2, 0) is 0 Å². The molecule has 1 aromatic heterocycles. The van der Waals surface area contributed by atoms with Crippen molar-refractivity contribution >= 4 is 5.69 Å². The summed E-state index contributed by atoms with van der Waals surface area (Å²) in [5, 5.41) is 13.9. The molecule has 6 heteroatoms. The van der Waals surface area contributed by atoms with Crippen LogP contribution in [0.1, 0.15) is 20.3 Å². The van der Waals surface area contributed by atoms with Gasteiger partial charge in [-0.2, -0.15) is 0 Å². The smallest absolute Gasteiger partial charge is 0.329 e. The third-order valence-electron chi connectivity index (χ3n) is 2.09. The molecule has 0 saturated carbocycles. The Hall–Kier alpha value is -1.69. The zero-order valence-corrected chi connectivity index (χ0v) is 10.0. The molecule has 1 heterocycles. The van der Waals surface area contributed by atoms with E-state index in [0.29, 0.717) is 12.6 Å². The molecule has 0 aliphatic rings. The number of nitro groups is 1. The van der Waals surface area contributed by atoms with E-state index < -0.39 is 4.92 Å². The fourth-order valence-electron chi connectivity index (χ4n) is 1.28. The molecule has 0 aliphatic carbocycles. The number of rotatable bonds is 7. The van der Waals surface area contributed by atoms with Crippen molar-refractivity contribution in [1.82, 2.24) is 10.3 Å². The number of hydrogen-bond acceptors (Lipinski definition) is 5. The highest BCUT2D eigenvalue weighted by atomic mass is 16.6. The lowest BCUT2D eigenvalue weighted by Crippen LogP contribution is -2.24. The van der Waals surface area contributed by atoms with Crippen molar-refractivity contribution in [1.29, 1.82) is 0 Å². The minimum atomic E-state index is -0.491. The van der Waals surface area contributed by atoms with Crippen LogP contribution in [0.25, 0.3) is 0 Å². The molecule has 1 N–H and O–H groups in total. The SMILES string of the molecule is CC(C)NCCCOc1ccncc1[N+](=O)[O-].